The van der Waals surface area contributed by atoms with Gasteiger partial charge in [0.2, 0.25) is 0 Å². The van der Waals surface area contributed by atoms with E-state index < -0.39 is 14.0 Å². The van der Waals surface area contributed by atoms with Crippen LogP contribution < -0.4 is 0 Å². The summed E-state index contributed by atoms with van der Waals surface area (Å²) in [7, 11) is -3.36. The Morgan fingerprint density at radius 2 is 1.15 bits per heavy atom. The van der Waals surface area contributed by atoms with Gasteiger partial charge in [-0.2, -0.15) is 0 Å². The highest BCUT2D eigenvalue weighted by Gasteiger charge is 2.31. The Morgan fingerprint density at radius 1 is 0.769 bits per heavy atom. The molecule has 2 aromatic carbocycles. The molecular formula is C22H29ClO2S. The molecule has 0 atom stereocenters. The van der Waals surface area contributed by atoms with Gasteiger partial charge in [-0.15, -0.1) is 11.6 Å². The minimum atomic E-state index is -3.36. The largest absolute Gasteiger partial charge is 0.227 e. The zero-order valence-corrected chi connectivity index (χ0v) is 17.5. The molecule has 0 saturated heterocycles. The lowest BCUT2D eigenvalue weighted by atomic mass is 10.0. The number of unbranched alkanes of at least 4 members (excludes halogenated alkanes) is 1. The predicted octanol–water partition coefficient (Wildman–Crippen LogP) is 5.70. The predicted molar refractivity (Wildman–Crippen MR) is 111 cm³/mol. The second kappa shape index (κ2) is 9.05. The van der Waals surface area contributed by atoms with Crippen LogP contribution in [0.15, 0.2) is 48.5 Å². The minimum absolute atomic E-state index is 0.0248. The van der Waals surface area contributed by atoms with Crippen molar-refractivity contribution in [3.05, 3.63) is 70.8 Å². The van der Waals surface area contributed by atoms with E-state index in [2.05, 4.69) is 31.2 Å². The molecule has 0 fully saturated rings. The van der Waals surface area contributed by atoms with E-state index in [9.17, 15) is 8.42 Å². The average Bonchev–Trinajstić information content (AvgIpc) is 2.59. The zero-order valence-electron chi connectivity index (χ0n) is 16.0. The third-order valence-electron chi connectivity index (χ3n) is 4.66. The van der Waals surface area contributed by atoms with Crippen molar-refractivity contribution in [2.75, 3.05) is 0 Å². The van der Waals surface area contributed by atoms with Crippen LogP contribution >= 0.6 is 11.6 Å². The molecule has 26 heavy (non-hydrogen) atoms. The summed E-state index contributed by atoms with van der Waals surface area (Å²) in [5, 5.41) is 0. The molecule has 4 heteroatoms. The van der Waals surface area contributed by atoms with Crippen molar-refractivity contribution in [3.63, 3.8) is 0 Å². The van der Waals surface area contributed by atoms with Gasteiger partial charge in [-0.25, -0.2) is 8.42 Å². The molecule has 0 N–H and O–H groups in total. The maximum Gasteiger partial charge on any atom is 0.173 e. The summed E-state index contributed by atoms with van der Waals surface area (Å²) in [5.41, 5.74) is 4.73. The summed E-state index contributed by atoms with van der Waals surface area (Å²) >= 11 is 5.97. The first-order valence-corrected chi connectivity index (χ1v) is 11.3. The summed E-state index contributed by atoms with van der Waals surface area (Å²) in [4.78, 5) is 0. The Balaban J connectivity index is 1.91. The van der Waals surface area contributed by atoms with Gasteiger partial charge in [0.05, 0.1) is 5.75 Å². The van der Waals surface area contributed by atoms with Crippen molar-refractivity contribution in [2.45, 2.75) is 62.8 Å². The summed E-state index contributed by atoms with van der Waals surface area (Å²) < 4.78 is 23.1. The van der Waals surface area contributed by atoms with Crippen LogP contribution in [0.1, 0.15) is 55.9 Å². The van der Waals surface area contributed by atoms with Gasteiger partial charge in [-0.1, -0.05) is 61.9 Å². The van der Waals surface area contributed by atoms with Crippen LogP contribution in [0.4, 0.5) is 0 Å². The van der Waals surface area contributed by atoms with Crippen molar-refractivity contribution in [1.29, 1.82) is 0 Å². The van der Waals surface area contributed by atoms with Gasteiger partial charge >= 0.3 is 0 Å². The molecule has 0 aliphatic carbocycles. The molecule has 2 nitrogen and oxygen atoms in total. The first kappa shape index (κ1) is 21.0. The lowest BCUT2D eigenvalue weighted by Gasteiger charge is -2.16. The summed E-state index contributed by atoms with van der Waals surface area (Å²) in [6, 6.07) is 16.7. The SMILES string of the molecule is CCCCc1ccc(CCc2ccc(CS(=O)(=O)C(C)(C)Cl)cc2)cc1. The molecular weight excluding hydrogens is 364 g/mol. The maximum absolute atomic E-state index is 12.2. The number of halogens is 1. The van der Waals surface area contributed by atoms with Crippen LogP contribution in [0.5, 0.6) is 0 Å². The Hall–Kier alpha value is -1.32. The van der Waals surface area contributed by atoms with Crippen molar-refractivity contribution in [2.24, 2.45) is 0 Å². The molecule has 0 aliphatic rings. The molecule has 0 saturated carbocycles. The molecule has 0 unspecified atom stereocenters. The molecule has 0 amide bonds. The number of aryl methyl sites for hydroxylation is 3. The Labute approximate surface area is 163 Å². The number of rotatable bonds is 9. The first-order chi connectivity index (χ1) is 12.2. The fourth-order valence-electron chi connectivity index (χ4n) is 2.74. The van der Waals surface area contributed by atoms with Crippen LogP contribution in [0.25, 0.3) is 0 Å². The lowest BCUT2D eigenvalue weighted by molar-refractivity contribution is 0.580. The average molecular weight is 393 g/mol. The van der Waals surface area contributed by atoms with Gasteiger partial charge in [-0.3, -0.25) is 0 Å². The van der Waals surface area contributed by atoms with E-state index in [0.717, 1.165) is 24.8 Å². The third kappa shape index (κ3) is 6.14. The van der Waals surface area contributed by atoms with E-state index in [0.29, 0.717) is 0 Å². The topological polar surface area (TPSA) is 34.1 Å². The number of hydrogen-bond donors (Lipinski definition) is 0. The number of sulfone groups is 1. The van der Waals surface area contributed by atoms with Crippen LogP contribution in [0, 0.1) is 0 Å². The van der Waals surface area contributed by atoms with Gasteiger partial charge in [0.15, 0.2) is 9.84 Å². The molecule has 0 radical (unpaired) electrons. The fraction of sp³-hybridized carbons (Fsp3) is 0.455. The molecule has 0 spiro atoms. The Bertz CT molecular complexity index is 786. The monoisotopic (exact) mass is 392 g/mol. The highest BCUT2D eigenvalue weighted by molar-refractivity contribution is 7.93. The van der Waals surface area contributed by atoms with Gasteiger partial charge < -0.3 is 0 Å². The van der Waals surface area contributed by atoms with Crippen molar-refractivity contribution in [1.82, 2.24) is 0 Å². The molecule has 0 heterocycles. The van der Waals surface area contributed by atoms with E-state index in [1.165, 1.54) is 43.4 Å². The quantitative estimate of drug-likeness (QED) is 0.512. The van der Waals surface area contributed by atoms with Gasteiger partial charge in [0, 0.05) is 0 Å². The Kier molecular flexibility index (Phi) is 7.31. The summed E-state index contributed by atoms with van der Waals surface area (Å²) in [6.45, 7) is 5.25. The fourth-order valence-corrected chi connectivity index (χ4v) is 3.87. The molecule has 2 rings (SSSR count). The van der Waals surface area contributed by atoms with Crippen molar-refractivity contribution in [3.8, 4) is 0 Å². The van der Waals surface area contributed by atoms with Crippen LogP contribution in [-0.4, -0.2) is 12.6 Å². The molecule has 0 bridgehead atoms. The van der Waals surface area contributed by atoms with E-state index in [1.54, 1.807) is 0 Å². The Morgan fingerprint density at radius 3 is 1.54 bits per heavy atom. The number of hydrogen-bond acceptors (Lipinski definition) is 2. The standard InChI is InChI=1S/C22H29ClO2S/c1-4-5-6-18-7-9-19(10-8-18)11-12-20-13-15-21(16-14-20)17-26(24,25)22(2,3)23/h7-10,13-16H,4-6,11-12,17H2,1-3H3. The van der Waals surface area contributed by atoms with E-state index >= 15 is 0 Å². The van der Waals surface area contributed by atoms with E-state index in [1.807, 2.05) is 24.3 Å². The van der Waals surface area contributed by atoms with Crippen LogP contribution in [0.3, 0.4) is 0 Å². The normalized spacial score (nSPS) is 12.3. The van der Waals surface area contributed by atoms with Crippen LogP contribution in [0.2, 0.25) is 0 Å². The number of benzene rings is 2. The highest BCUT2D eigenvalue weighted by atomic mass is 35.5. The van der Waals surface area contributed by atoms with E-state index in [-0.39, 0.29) is 5.75 Å². The third-order valence-corrected chi connectivity index (χ3v) is 7.56. The first-order valence-electron chi connectivity index (χ1n) is 9.28. The lowest BCUT2D eigenvalue weighted by Crippen LogP contribution is -2.26. The van der Waals surface area contributed by atoms with Gasteiger partial charge in [0.1, 0.15) is 4.21 Å². The minimum Gasteiger partial charge on any atom is -0.227 e. The van der Waals surface area contributed by atoms with Crippen LogP contribution in [-0.2, 0) is 34.9 Å². The van der Waals surface area contributed by atoms with Crippen molar-refractivity contribution < 1.29 is 8.42 Å². The number of alkyl halides is 1. The molecule has 0 aromatic heterocycles. The molecule has 142 valence electrons. The zero-order chi connectivity index (χ0) is 19.2. The maximum atomic E-state index is 12.2. The molecule has 0 aliphatic heterocycles. The second-order valence-electron chi connectivity index (χ2n) is 7.36. The smallest absolute Gasteiger partial charge is 0.173 e. The van der Waals surface area contributed by atoms with Crippen molar-refractivity contribution >= 4 is 21.4 Å². The second-order valence-corrected chi connectivity index (χ2v) is 11.1. The van der Waals surface area contributed by atoms with Gasteiger partial charge in [0.25, 0.3) is 0 Å². The summed E-state index contributed by atoms with van der Waals surface area (Å²) in [6.07, 6.45) is 5.55. The highest BCUT2D eigenvalue weighted by Crippen LogP contribution is 2.25. The van der Waals surface area contributed by atoms with E-state index in [4.69, 9.17) is 11.6 Å². The molecule has 2 aromatic rings. The summed E-state index contributed by atoms with van der Waals surface area (Å²) in [5.74, 6) is -0.0248. The van der Waals surface area contributed by atoms with Gasteiger partial charge in [-0.05, 0) is 61.8 Å².